The molecule has 0 aliphatic carbocycles. The number of rotatable bonds is 27. The number of hydrogen-bond donors (Lipinski definition) is 13. The molecule has 0 spiro atoms. The molecule has 29 nitrogen and oxygen atoms in total. The molecule has 17 N–H and O–H groups in total. The van der Waals surface area contributed by atoms with Crippen molar-refractivity contribution in [3.05, 3.63) is 160 Å². The van der Waals surface area contributed by atoms with Gasteiger partial charge >= 0.3 is 0 Å². The number of likely N-dealkylation sites (N-methyl/N-ethyl adjacent to an activating group) is 1. The molecule has 614 valence electrons. The van der Waals surface area contributed by atoms with Crippen LogP contribution in [0.15, 0.2) is 117 Å². The molecule has 0 amide bonds. The maximum Gasteiger partial charge on any atom is 0.254 e. The van der Waals surface area contributed by atoms with Crippen LogP contribution in [-0.2, 0) is 0 Å². The highest BCUT2D eigenvalue weighted by molar-refractivity contribution is 6.43. The molecule has 7 heterocycles. The Kier molecular flexibility index (Phi) is 37.1. The minimum atomic E-state index is -0.515. The quantitative estimate of drug-likeness (QED) is 0.0168. The van der Waals surface area contributed by atoms with E-state index >= 15 is 0 Å². The Hall–Kier alpha value is -8.40. The van der Waals surface area contributed by atoms with E-state index in [1.165, 1.54) is 32.2 Å². The molecular weight excluding hydrogens is 1620 g/mol. The molecule has 4 atom stereocenters. The van der Waals surface area contributed by atoms with Crippen LogP contribution in [0, 0.1) is 45.4 Å². The zero-order valence-corrected chi connectivity index (χ0v) is 71.7. The molecule has 4 aromatic carbocycles. The van der Waals surface area contributed by atoms with Gasteiger partial charge in [-0.15, -0.1) is 0 Å². The van der Waals surface area contributed by atoms with Crippen molar-refractivity contribution in [3.63, 3.8) is 0 Å². The third-order valence-electron chi connectivity index (χ3n) is 18.2. The summed E-state index contributed by atoms with van der Waals surface area (Å²) >= 11 is 47.8. The van der Waals surface area contributed by atoms with Gasteiger partial charge in [-0.2, -0.15) is 39.9 Å². The third kappa shape index (κ3) is 32.0. The standard InChI is InChI=1S/C20H27Cl2N7.C19H27Cl2N7O.2C19H25Cl2N7/c1-3-29-8-4-5-14(12-29)11-24-18-9-13(2)25-20(27-18)28-19(23)26-15-6-7-16(21)17(22)10-15;1-4-28(5-2)11-14(29)10-23-17-8-12(3)24-19(26-17)27-18(22)25-13-6-7-15(20)16(21)9-13;1-3-28-5-4-13(11-28)10-23-17-6-12(2)24-19(26-17)27-18(22)25-16-8-14(20)7-15(21)9-16;1-3-28-7-6-13(11-28)10-23-17-8-12(2)24-19(26-17)27-18(22)25-14-4-5-15(20)16(21)9-14/h6-7,9-10,14H,3-5,8,11-12H2,1-2H3,(H4,23,24,25,26,27,28);6-9,14,29H,4-5,10-11H2,1-3H3,(H4,22,23,24,25,26,27);6-9,13H,3-5,10-11H2,1-2H3,(H4,22,23,24,25,26,27);4-5,8-9,13H,3,6-7,10-11H2,1-2H3,(H4,22,23,24,25,26,27). The van der Waals surface area contributed by atoms with Gasteiger partial charge in [0.2, 0.25) is 23.8 Å². The average Bonchev–Trinajstić information content (AvgIpc) is 1.82. The van der Waals surface area contributed by atoms with E-state index in [1.807, 2.05) is 45.9 Å². The summed E-state index contributed by atoms with van der Waals surface area (Å²) in [6.45, 7) is 33.9. The van der Waals surface area contributed by atoms with E-state index in [-0.39, 0.29) is 29.8 Å². The molecule has 3 saturated heterocycles. The number of nitrogens with zero attached hydrogens (tertiary/aromatic N) is 16. The number of likely N-dealkylation sites (tertiary alicyclic amines) is 3. The van der Waals surface area contributed by atoms with Crippen LogP contribution in [0.2, 0.25) is 40.2 Å². The fourth-order valence-electron chi connectivity index (χ4n) is 12.4. The van der Waals surface area contributed by atoms with E-state index in [4.69, 9.17) is 116 Å². The van der Waals surface area contributed by atoms with E-state index in [2.05, 4.69) is 157 Å². The third-order valence-corrected chi connectivity index (χ3v) is 20.9. The number of aryl methyl sites for hydroxylation is 4. The van der Waals surface area contributed by atoms with Gasteiger partial charge in [0.05, 0.1) is 36.2 Å². The van der Waals surface area contributed by atoms with Crippen molar-refractivity contribution in [2.24, 2.45) is 60.7 Å². The smallest absolute Gasteiger partial charge is 0.254 e. The van der Waals surface area contributed by atoms with Gasteiger partial charge in [0.1, 0.15) is 23.3 Å². The second-order valence-electron chi connectivity index (χ2n) is 27.5. The van der Waals surface area contributed by atoms with Gasteiger partial charge in [-0.1, -0.05) is 127 Å². The molecule has 11 rings (SSSR count). The van der Waals surface area contributed by atoms with E-state index in [0.29, 0.717) is 117 Å². The van der Waals surface area contributed by atoms with Crippen LogP contribution in [0.25, 0.3) is 0 Å². The predicted octanol–water partition coefficient (Wildman–Crippen LogP) is 15.4. The number of piperidine rings is 1. The van der Waals surface area contributed by atoms with E-state index in [1.54, 1.807) is 78.9 Å². The fraction of sp³-hybridized carbons (Fsp3) is 0.429. The Morgan fingerprint density at radius 1 is 0.412 bits per heavy atom. The number of guanidine groups is 4. The maximum atomic E-state index is 10.2. The summed E-state index contributed by atoms with van der Waals surface area (Å²) < 4.78 is 0. The lowest BCUT2D eigenvalue weighted by molar-refractivity contribution is 0.128. The minimum Gasteiger partial charge on any atom is -0.390 e. The summed E-state index contributed by atoms with van der Waals surface area (Å²) in [5, 5.41) is 39.1. The lowest BCUT2D eigenvalue weighted by Gasteiger charge is -2.31. The molecule has 0 bridgehead atoms. The van der Waals surface area contributed by atoms with Crippen molar-refractivity contribution >= 4 is 186 Å². The lowest BCUT2D eigenvalue weighted by Crippen LogP contribution is -2.37. The molecule has 0 saturated carbocycles. The number of anilines is 8. The van der Waals surface area contributed by atoms with Gasteiger partial charge in [-0.25, -0.2) is 19.9 Å². The van der Waals surface area contributed by atoms with E-state index in [9.17, 15) is 5.11 Å². The summed E-state index contributed by atoms with van der Waals surface area (Å²) in [6.07, 6.45) is 4.37. The zero-order valence-electron chi connectivity index (χ0n) is 65.6. The van der Waals surface area contributed by atoms with Gasteiger partial charge in [0.15, 0.2) is 0 Å². The Balaban J connectivity index is 0.000000190. The number of halogens is 8. The van der Waals surface area contributed by atoms with Crippen LogP contribution in [-0.4, -0.2) is 199 Å². The highest BCUT2D eigenvalue weighted by Crippen LogP contribution is 2.30. The summed E-state index contributed by atoms with van der Waals surface area (Å²) in [5.74, 6) is 6.41. The molecule has 4 aromatic heterocycles. The van der Waals surface area contributed by atoms with E-state index in [0.717, 1.165) is 125 Å². The highest BCUT2D eigenvalue weighted by atomic mass is 35.5. The Bertz CT molecular complexity index is 4530. The van der Waals surface area contributed by atoms with Crippen LogP contribution in [0.1, 0.15) is 83.1 Å². The van der Waals surface area contributed by atoms with Crippen LogP contribution in [0.4, 0.5) is 69.8 Å². The number of aliphatic hydroxyl groups excluding tert-OH is 1. The normalized spacial score (nSPS) is 16.5. The number of hydrogen-bond acceptors (Lipinski definition) is 21. The first-order chi connectivity index (χ1) is 54.6. The molecule has 0 radical (unpaired) electrons. The monoisotopic (exact) mass is 1720 g/mol. The van der Waals surface area contributed by atoms with Crippen LogP contribution >= 0.6 is 92.8 Å². The molecule has 114 heavy (non-hydrogen) atoms. The fourth-order valence-corrected chi connectivity index (χ4v) is 13.8. The van der Waals surface area contributed by atoms with Gasteiger partial charge in [0.25, 0.3) is 23.8 Å². The second kappa shape index (κ2) is 46.4. The second-order valence-corrected chi connectivity index (χ2v) is 30.8. The topological polar surface area (TPSA) is 386 Å². The predicted molar refractivity (Wildman–Crippen MR) is 476 cm³/mol. The maximum absolute atomic E-state index is 10.2. The number of benzene rings is 4. The number of aliphatic imine (C=N–C) groups is 4. The van der Waals surface area contributed by atoms with Crippen molar-refractivity contribution in [2.45, 2.75) is 94.1 Å². The number of nitrogens with one attached hydrogen (secondary N) is 8. The molecule has 3 fully saturated rings. The van der Waals surface area contributed by atoms with Gasteiger partial charge in [-0.05, 0) is 196 Å². The molecule has 8 aromatic rings. The molecular formula is C77H104Cl8N28O. The van der Waals surface area contributed by atoms with Gasteiger partial charge in [0, 0.05) is 132 Å². The van der Waals surface area contributed by atoms with Crippen molar-refractivity contribution in [1.82, 2.24) is 59.5 Å². The minimum absolute atomic E-state index is 0.113. The van der Waals surface area contributed by atoms with Gasteiger partial charge in [-0.3, -0.25) is 0 Å². The molecule has 37 heteroatoms. The number of aliphatic hydroxyl groups is 1. The molecule has 4 unspecified atom stereocenters. The first-order valence-electron chi connectivity index (χ1n) is 37.8. The Labute approximate surface area is 708 Å². The van der Waals surface area contributed by atoms with Crippen molar-refractivity contribution < 1.29 is 5.11 Å². The molecule has 3 aliphatic heterocycles. The summed E-state index contributed by atoms with van der Waals surface area (Å²) in [5.41, 5.74) is 29.8. The SMILES string of the molecule is CCN(CC)CC(O)CNc1cc(C)nc(N=C(N)Nc2ccc(Cl)c(Cl)c2)n1.CCN1CCC(CNc2cc(C)nc(N=C(N)Nc3cc(Cl)cc(Cl)c3)n2)C1.CCN1CCC(CNc2cc(C)nc(N=C(N)Nc3ccc(Cl)c(Cl)c3)n2)C1.CCN1CCCC(CNc2cc(C)nc(N=C(N)Nc3ccc(Cl)c(Cl)c3)n2)C1. The van der Waals surface area contributed by atoms with Crippen LogP contribution in [0.5, 0.6) is 0 Å². The average molecular weight is 1720 g/mol. The summed E-state index contributed by atoms with van der Waals surface area (Å²) in [4.78, 5) is 61.6. The number of nitrogens with two attached hydrogens (primary N) is 4. The van der Waals surface area contributed by atoms with Crippen LogP contribution < -0.4 is 65.5 Å². The van der Waals surface area contributed by atoms with Crippen LogP contribution in [0.3, 0.4) is 0 Å². The largest absolute Gasteiger partial charge is 0.390 e. The Morgan fingerprint density at radius 2 is 0.728 bits per heavy atom. The Morgan fingerprint density at radius 3 is 1.04 bits per heavy atom. The summed E-state index contributed by atoms with van der Waals surface area (Å²) in [6, 6.07) is 27.9. The van der Waals surface area contributed by atoms with E-state index < -0.39 is 6.10 Å². The van der Waals surface area contributed by atoms with Crippen molar-refractivity contribution in [3.8, 4) is 0 Å². The molecule has 3 aliphatic rings. The van der Waals surface area contributed by atoms with Gasteiger partial charge < -0.3 is 90.2 Å². The number of aromatic nitrogens is 8. The first-order valence-corrected chi connectivity index (χ1v) is 40.8. The zero-order chi connectivity index (χ0) is 82.4. The lowest BCUT2D eigenvalue weighted by atomic mass is 9.98. The highest BCUT2D eigenvalue weighted by Gasteiger charge is 2.24. The first kappa shape index (κ1) is 91.1. The summed E-state index contributed by atoms with van der Waals surface area (Å²) in [7, 11) is 0. The van der Waals surface area contributed by atoms with Crippen molar-refractivity contribution in [1.29, 1.82) is 0 Å². The van der Waals surface area contributed by atoms with Crippen molar-refractivity contribution in [2.75, 3.05) is 147 Å².